The van der Waals surface area contributed by atoms with Crippen molar-refractivity contribution in [2.45, 2.75) is 33.2 Å². The number of hydrogen-bond donors (Lipinski definition) is 0. The van der Waals surface area contributed by atoms with Gasteiger partial charge in [-0.05, 0) is 26.3 Å². The van der Waals surface area contributed by atoms with Gasteiger partial charge < -0.3 is 4.57 Å². The molecule has 0 bridgehead atoms. The number of Topliss-reactive ketones (excluding diaryl/α,β-unsaturated/α-hetero) is 1. The van der Waals surface area contributed by atoms with Gasteiger partial charge in [-0.25, -0.2) is 16.8 Å². The van der Waals surface area contributed by atoms with Crippen molar-refractivity contribution in [2.24, 2.45) is 0 Å². The largest absolute Gasteiger partial charge is 0.344 e. The molecule has 0 radical (unpaired) electrons. The minimum absolute atomic E-state index is 0.0711. The van der Waals surface area contributed by atoms with Crippen molar-refractivity contribution in [3.05, 3.63) is 23.0 Å². The van der Waals surface area contributed by atoms with Crippen molar-refractivity contribution in [1.29, 1.82) is 0 Å². The third-order valence-electron chi connectivity index (χ3n) is 4.15. The molecule has 1 fully saturated rings. The van der Waals surface area contributed by atoms with E-state index >= 15 is 0 Å². The van der Waals surface area contributed by atoms with Crippen LogP contribution in [0.3, 0.4) is 0 Å². The molecular weight excluding hydrogens is 326 g/mol. The first-order valence-electron chi connectivity index (χ1n) is 7.19. The lowest BCUT2D eigenvalue weighted by Crippen LogP contribution is -2.19. The highest BCUT2D eigenvalue weighted by atomic mass is 32.2. The number of nitrogens with zero attached hydrogens (tertiary/aromatic N) is 1. The molecule has 1 aliphatic heterocycles. The zero-order valence-corrected chi connectivity index (χ0v) is 14.6. The molecular formula is C14H21NO5S2. The molecule has 0 saturated carbocycles. The lowest BCUT2D eigenvalue weighted by Gasteiger charge is -2.16. The van der Waals surface area contributed by atoms with Gasteiger partial charge in [-0.3, -0.25) is 4.79 Å². The fourth-order valence-corrected chi connectivity index (χ4v) is 5.44. The monoisotopic (exact) mass is 347 g/mol. The third kappa shape index (κ3) is 3.43. The van der Waals surface area contributed by atoms with E-state index in [-0.39, 0.29) is 23.3 Å². The van der Waals surface area contributed by atoms with E-state index in [1.807, 2.05) is 11.5 Å². The van der Waals surface area contributed by atoms with Gasteiger partial charge in [0.1, 0.15) is 5.75 Å². The molecule has 0 spiro atoms. The minimum Gasteiger partial charge on any atom is -0.344 e. The molecule has 0 amide bonds. The second-order valence-corrected chi connectivity index (χ2v) is 10.4. The lowest BCUT2D eigenvalue weighted by molar-refractivity contribution is 0.102. The summed E-state index contributed by atoms with van der Waals surface area (Å²) in [5.41, 5.74) is 1.81. The quantitative estimate of drug-likeness (QED) is 0.744. The average molecular weight is 347 g/mol. The van der Waals surface area contributed by atoms with Crippen molar-refractivity contribution < 1.29 is 21.6 Å². The summed E-state index contributed by atoms with van der Waals surface area (Å²) in [6.45, 7) is 5.06. The minimum atomic E-state index is -3.38. The highest BCUT2D eigenvalue weighted by Gasteiger charge is 2.32. The molecule has 1 unspecified atom stereocenters. The summed E-state index contributed by atoms with van der Waals surface area (Å²) >= 11 is 0. The maximum absolute atomic E-state index is 12.2. The molecule has 0 aliphatic carbocycles. The van der Waals surface area contributed by atoms with E-state index in [1.165, 1.54) is 6.92 Å². The molecule has 1 aliphatic rings. The maximum atomic E-state index is 12.2. The van der Waals surface area contributed by atoms with Gasteiger partial charge in [0, 0.05) is 28.7 Å². The molecule has 1 atom stereocenters. The number of rotatable bonds is 5. The molecule has 22 heavy (non-hydrogen) atoms. The van der Waals surface area contributed by atoms with Crippen LogP contribution in [0.2, 0.25) is 0 Å². The normalized spacial score (nSPS) is 21.1. The number of carbonyl (C=O) groups excluding carboxylic acids is 1. The van der Waals surface area contributed by atoms with E-state index < -0.39 is 31.2 Å². The molecule has 1 aromatic rings. The predicted molar refractivity (Wildman–Crippen MR) is 84.9 cm³/mol. The van der Waals surface area contributed by atoms with Crippen LogP contribution in [0.15, 0.2) is 6.07 Å². The summed E-state index contributed by atoms with van der Waals surface area (Å²) in [6, 6.07) is 1.49. The van der Waals surface area contributed by atoms with Crippen molar-refractivity contribution in [3.63, 3.8) is 0 Å². The number of ketones is 1. The molecule has 1 aromatic heterocycles. The number of carbonyl (C=O) groups is 1. The van der Waals surface area contributed by atoms with Gasteiger partial charge in [0.05, 0.1) is 11.5 Å². The Morgan fingerprint density at radius 1 is 1.36 bits per heavy atom. The van der Waals surface area contributed by atoms with E-state index in [9.17, 15) is 21.6 Å². The smallest absolute Gasteiger partial charge is 0.179 e. The predicted octanol–water partition coefficient (Wildman–Crippen LogP) is 1.08. The Morgan fingerprint density at radius 2 is 2.00 bits per heavy atom. The van der Waals surface area contributed by atoms with Gasteiger partial charge in [0.2, 0.25) is 0 Å². The number of aryl methyl sites for hydroxylation is 1. The molecule has 0 aromatic carbocycles. The first-order chi connectivity index (χ1) is 10.1. The number of aromatic nitrogens is 1. The van der Waals surface area contributed by atoms with Gasteiger partial charge in [-0.2, -0.15) is 0 Å². The topological polar surface area (TPSA) is 90.3 Å². The Labute approximate surface area is 131 Å². The molecule has 2 heterocycles. The molecule has 6 nitrogen and oxygen atoms in total. The standard InChI is InChI=1S/C14H21NO5S2/c1-4-21(17,18)9-14(16)13-7-10(2)15(11(13)3)12-5-6-22(19,20)8-12/h7,12H,4-6,8-9H2,1-3H3. The fraction of sp³-hybridized carbons (Fsp3) is 0.643. The van der Waals surface area contributed by atoms with Gasteiger partial charge in [-0.15, -0.1) is 0 Å². The van der Waals surface area contributed by atoms with Gasteiger partial charge in [-0.1, -0.05) is 6.92 Å². The molecule has 8 heteroatoms. The van der Waals surface area contributed by atoms with Gasteiger partial charge in [0.15, 0.2) is 25.5 Å². The van der Waals surface area contributed by atoms with Crippen molar-refractivity contribution in [3.8, 4) is 0 Å². The summed E-state index contributed by atoms with van der Waals surface area (Å²) in [6.07, 6.45) is 0.527. The van der Waals surface area contributed by atoms with E-state index in [0.717, 1.165) is 5.69 Å². The van der Waals surface area contributed by atoms with E-state index in [0.29, 0.717) is 17.7 Å². The van der Waals surface area contributed by atoms with Crippen LogP contribution in [-0.2, 0) is 19.7 Å². The van der Waals surface area contributed by atoms with Crippen LogP contribution in [0.1, 0.15) is 41.1 Å². The van der Waals surface area contributed by atoms with Crippen LogP contribution in [0.4, 0.5) is 0 Å². The fourth-order valence-electron chi connectivity index (χ4n) is 2.98. The third-order valence-corrected chi connectivity index (χ3v) is 7.48. The number of hydrogen-bond acceptors (Lipinski definition) is 5. The second-order valence-electron chi connectivity index (χ2n) is 5.81. The van der Waals surface area contributed by atoms with Crippen LogP contribution in [0.25, 0.3) is 0 Å². The van der Waals surface area contributed by atoms with Crippen LogP contribution in [-0.4, -0.2) is 50.2 Å². The SMILES string of the molecule is CCS(=O)(=O)CC(=O)c1cc(C)n(C2CCS(=O)(=O)C2)c1C. The Balaban J connectivity index is 2.34. The summed E-state index contributed by atoms with van der Waals surface area (Å²) in [7, 11) is -6.40. The average Bonchev–Trinajstić information content (AvgIpc) is 2.89. The van der Waals surface area contributed by atoms with Gasteiger partial charge >= 0.3 is 0 Å². The summed E-state index contributed by atoms with van der Waals surface area (Å²) in [5, 5.41) is 0. The molecule has 124 valence electrons. The Kier molecular flexibility index (Phi) is 4.54. The lowest BCUT2D eigenvalue weighted by atomic mass is 10.2. The second kappa shape index (κ2) is 5.81. The van der Waals surface area contributed by atoms with Crippen LogP contribution >= 0.6 is 0 Å². The Morgan fingerprint density at radius 3 is 2.50 bits per heavy atom. The van der Waals surface area contributed by atoms with E-state index in [1.54, 1.807) is 13.0 Å². The highest BCUT2D eigenvalue weighted by molar-refractivity contribution is 7.92. The first kappa shape index (κ1) is 17.2. The molecule has 2 rings (SSSR count). The maximum Gasteiger partial charge on any atom is 0.179 e. The molecule has 1 saturated heterocycles. The van der Waals surface area contributed by atoms with Crippen molar-refractivity contribution in [2.75, 3.05) is 23.0 Å². The highest BCUT2D eigenvalue weighted by Crippen LogP contribution is 2.29. The zero-order valence-electron chi connectivity index (χ0n) is 13.0. The summed E-state index contributed by atoms with van der Waals surface area (Å²) in [5.74, 6) is -0.774. The molecule has 0 N–H and O–H groups in total. The van der Waals surface area contributed by atoms with E-state index in [2.05, 4.69) is 0 Å². The number of sulfone groups is 2. The Hall–Kier alpha value is -1.15. The van der Waals surface area contributed by atoms with Gasteiger partial charge in [0.25, 0.3) is 0 Å². The van der Waals surface area contributed by atoms with Crippen LogP contribution in [0, 0.1) is 13.8 Å². The summed E-state index contributed by atoms with van der Waals surface area (Å²) in [4.78, 5) is 12.2. The Bertz CT molecular complexity index is 803. The van der Waals surface area contributed by atoms with Crippen LogP contribution in [0.5, 0.6) is 0 Å². The van der Waals surface area contributed by atoms with Crippen molar-refractivity contribution >= 4 is 25.5 Å². The van der Waals surface area contributed by atoms with Crippen molar-refractivity contribution in [1.82, 2.24) is 4.57 Å². The first-order valence-corrected chi connectivity index (χ1v) is 10.8. The van der Waals surface area contributed by atoms with E-state index in [4.69, 9.17) is 0 Å². The van der Waals surface area contributed by atoms with Crippen LogP contribution < -0.4 is 0 Å². The zero-order chi connectivity index (χ0) is 16.7. The summed E-state index contributed by atoms with van der Waals surface area (Å²) < 4.78 is 48.4.